The summed E-state index contributed by atoms with van der Waals surface area (Å²) in [5, 5.41) is 0. The van der Waals surface area contributed by atoms with E-state index < -0.39 is 5.97 Å². The van der Waals surface area contributed by atoms with E-state index in [1.807, 2.05) is 48.5 Å². The zero-order valence-electron chi connectivity index (χ0n) is 14.7. The number of pyridine rings is 3. The average Bonchev–Trinajstić information content (AvgIpc) is 2.74. The molecule has 0 N–H and O–H groups in total. The van der Waals surface area contributed by atoms with E-state index in [0.717, 1.165) is 17.5 Å². The fourth-order valence-corrected chi connectivity index (χ4v) is 2.36. The van der Waals surface area contributed by atoms with Crippen LogP contribution in [0.1, 0.15) is 6.42 Å². The molecule has 0 amide bonds. The number of esters is 1. The Morgan fingerprint density at radius 2 is 1.56 bits per heavy atom. The van der Waals surface area contributed by atoms with Gasteiger partial charge in [0.15, 0.2) is 0 Å². The Morgan fingerprint density at radius 3 is 2.07 bits per heavy atom. The monoisotopic (exact) mass is 361 g/mol. The molecule has 0 aromatic carbocycles. The molecule has 0 bridgehead atoms. The lowest BCUT2D eigenvalue weighted by Crippen LogP contribution is -2.07. The van der Waals surface area contributed by atoms with Crippen molar-refractivity contribution in [2.24, 2.45) is 0 Å². The van der Waals surface area contributed by atoms with Crippen molar-refractivity contribution in [2.45, 2.75) is 6.42 Å². The van der Waals surface area contributed by atoms with Gasteiger partial charge in [0.2, 0.25) is 0 Å². The fraction of sp³-hybridized carbons (Fsp3) is 0.143. The van der Waals surface area contributed by atoms with Gasteiger partial charge < -0.3 is 9.47 Å². The third kappa shape index (κ3) is 5.22. The highest BCUT2D eigenvalue weighted by atomic mass is 16.5. The van der Waals surface area contributed by atoms with Crippen molar-refractivity contribution in [3.63, 3.8) is 0 Å². The van der Waals surface area contributed by atoms with Crippen molar-refractivity contribution in [3.8, 4) is 28.5 Å². The summed E-state index contributed by atoms with van der Waals surface area (Å²) in [6, 6.07) is 15.0. The van der Waals surface area contributed by atoms with Crippen molar-refractivity contribution in [3.05, 3.63) is 73.6 Å². The summed E-state index contributed by atoms with van der Waals surface area (Å²) in [4.78, 5) is 24.4. The predicted molar refractivity (Wildman–Crippen MR) is 102 cm³/mol. The molecular weight excluding hydrogens is 342 g/mol. The van der Waals surface area contributed by atoms with Crippen LogP contribution in [0.4, 0.5) is 0 Å². The van der Waals surface area contributed by atoms with E-state index in [-0.39, 0.29) is 6.61 Å². The van der Waals surface area contributed by atoms with Gasteiger partial charge in [-0.2, -0.15) is 0 Å². The largest absolute Gasteiger partial charge is 0.493 e. The third-order valence-corrected chi connectivity index (χ3v) is 3.62. The minimum atomic E-state index is -0.436. The Balaban J connectivity index is 1.78. The molecule has 0 fully saturated rings. The van der Waals surface area contributed by atoms with E-state index in [4.69, 9.17) is 9.47 Å². The Hall–Kier alpha value is -3.54. The lowest BCUT2D eigenvalue weighted by Gasteiger charge is -2.10. The zero-order chi connectivity index (χ0) is 18.9. The molecular formula is C21H19N3O3. The number of nitrogens with zero attached hydrogens (tertiary/aromatic N) is 3. The molecule has 3 rings (SSSR count). The van der Waals surface area contributed by atoms with E-state index in [1.54, 1.807) is 12.4 Å². The van der Waals surface area contributed by atoms with E-state index in [9.17, 15) is 4.79 Å². The molecule has 0 unspecified atom stereocenters. The van der Waals surface area contributed by atoms with Crippen molar-refractivity contribution < 1.29 is 14.3 Å². The molecule has 0 aliphatic rings. The van der Waals surface area contributed by atoms with Crippen LogP contribution >= 0.6 is 0 Å². The van der Waals surface area contributed by atoms with E-state index in [1.165, 1.54) is 0 Å². The Labute approximate surface area is 157 Å². The van der Waals surface area contributed by atoms with Gasteiger partial charge in [-0.15, -0.1) is 0 Å². The normalized spacial score (nSPS) is 10.2. The van der Waals surface area contributed by atoms with Crippen molar-refractivity contribution in [1.82, 2.24) is 15.0 Å². The molecule has 0 aliphatic carbocycles. The molecule has 0 aliphatic heterocycles. The Morgan fingerprint density at radius 1 is 0.926 bits per heavy atom. The summed E-state index contributed by atoms with van der Waals surface area (Å²) in [6.45, 7) is 4.03. The average molecular weight is 361 g/mol. The Bertz CT molecular complexity index is 841. The van der Waals surface area contributed by atoms with Crippen molar-refractivity contribution >= 4 is 5.97 Å². The quantitative estimate of drug-likeness (QED) is 0.346. The minimum Gasteiger partial charge on any atom is -0.493 e. The van der Waals surface area contributed by atoms with Crippen LogP contribution in [0, 0.1) is 0 Å². The van der Waals surface area contributed by atoms with Crippen LogP contribution in [0.5, 0.6) is 5.75 Å². The number of ether oxygens (including phenoxy) is 2. The van der Waals surface area contributed by atoms with Crippen molar-refractivity contribution in [1.29, 1.82) is 0 Å². The third-order valence-electron chi connectivity index (χ3n) is 3.62. The smallest absolute Gasteiger partial charge is 0.330 e. The molecule has 136 valence electrons. The summed E-state index contributed by atoms with van der Waals surface area (Å²) in [5.74, 6) is 0.218. The maximum atomic E-state index is 11.0. The first-order chi connectivity index (χ1) is 13.3. The minimum absolute atomic E-state index is 0.274. The molecule has 6 heteroatoms. The highest BCUT2D eigenvalue weighted by molar-refractivity contribution is 5.81. The summed E-state index contributed by atoms with van der Waals surface area (Å²) >= 11 is 0. The molecule has 3 heterocycles. The topological polar surface area (TPSA) is 74.2 Å². The lowest BCUT2D eigenvalue weighted by molar-refractivity contribution is -0.137. The maximum absolute atomic E-state index is 11.0. The first-order valence-corrected chi connectivity index (χ1v) is 8.53. The van der Waals surface area contributed by atoms with Crippen LogP contribution in [0.2, 0.25) is 0 Å². The van der Waals surface area contributed by atoms with E-state index in [0.29, 0.717) is 30.2 Å². The SMILES string of the molecule is C=CC(=O)OCCCOc1cc(-c2ccccn2)nc(-c2ccccn2)c1. The van der Waals surface area contributed by atoms with Gasteiger partial charge in [0, 0.05) is 37.0 Å². The second kappa shape index (κ2) is 9.24. The van der Waals surface area contributed by atoms with Crippen LogP contribution in [0.3, 0.4) is 0 Å². The van der Waals surface area contributed by atoms with Gasteiger partial charge in [0.1, 0.15) is 5.75 Å². The molecule has 3 aromatic heterocycles. The predicted octanol–water partition coefficient (Wildman–Crippen LogP) is 3.70. The second-order valence-electron chi connectivity index (χ2n) is 5.58. The van der Waals surface area contributed by atoms with Gasteiger partial charge in [-0.25, -0.2) is 9.78 Å². The first kappa shape index (κ1) is 18.3. The van der Waals surface area contributed by atoms with Gasteiger partial charge in [-0.3, -0.25) is 9.97 Å². The number of rotatable bonds is 8. The summed E-state index contributed by atoms with van der Waals surface area (Å²) in [6.07, 6.45) is 5.15. The molecule has 0 atom stereocenters. The molecule has 0 saturated carbocycles. The second-order valence-corrected chi connectivity index (χ2v) is 5.58. The zero-order valence-corrected chi connectivity index (χ0v) is 14.7. The lowest BCUT2D eigenvalue weighted by atomic mass is 10.2. The van der Waals surface area contributed by atoms with Gasteiger partial charge in [-0.1, -0.05) is 18.7 Å². The van der Waals surface area contributed by atoms with E-state index >= 15 is 0 Å². The van der Waals surface area contributed by atoms with Gasteiger partial charge in [0.05, 0.1) is 36.0 Å². The first-order valence-electron chi connectivity index (χ1n) is 8.53. The Kier molecular flexibility index (Phi) is 6.25. The van der Waals surface area contributed by atoms with Crippen LogP contribution < -0.4 is 4.74 Å². The number of aromatic nitrogens is 3. The molecule has 27 heavy (non-hydrogen) atoms. The summed E-state index contributed by atoms with van der Waals surface area (Å²) < 4.78 is 10.8. The van der Waals surface area contributed by atoms with Gasteiger partial charge >= 0.3 is 5.97 Å². The molecule has 0 saturated heterocycles. The summed E-state index contributed by atoms with van der Waals surface area (Å²) in [7, 11) is 0. The standard InChI is InChI=1S/C21H19N3O3/c1-2-21(25)27-13-7-12-26-16-14-19(17-8-3-5-10-22-17)24-20(15-16)18-9-4-6-11-23-18/h2-6,8-11,14-15H,1,7,12-13H2. The summed E-state index contributed by atoms with van der Waals surface area (Å²) in [5.41, 5.74) is 2.90. The maximum Gasteiger partial charge on any atom is 0.330 e. The number of hydrogen-bond donors (Lipinski definition) is 0. The molecule has 0 radical (unpaired) electrons. The molecule has 0 spiro atoms. The highest BCUT2D eigenvalue weighted by Gasteiger charge is 2.09. The number of carbonyl (C=O) groups excluding carboxylic acids is 1. The van der Waals surface area contributed by atoms with Crippen LogP contribution in [0.25, 0.3) is 22.8 Å². The van der Waals surface area contributed by atoms with E-state index in [2.05, 4.69) is 21.5 Å². The van der Waals surface area contributed by atoms with Crippen LogP contribution in [-0.2, 0) is 9.53 Å². The van der Waals surface area contributed by atoms with Crippen LogP contribution in [0.15, 0.2) is 73.6 Å². The molecule has 3 aromatic rings. The molecule has 6 nitrogen and oxygen atoms in total. The van der Waals surface area contributed by atoms with Gasteiger partial charge in [0.25, 0.3) is 0 Å². The van der Waals surface area contributed by atoms with Crippen LogP contribution in [-0.4, -0.2) is 34.1 Å². The highest BCUT2D eigenvalue weighted by Crippen LogP contribution is 2.26. The van der Waals surface area contributed by atoms with Gasteiger partial charge in [-0.05, 0) is 24.3 Å². The number of hydrogen-bond acceptors (Lipinski definition) is 6. The number of carbonyl (C=O) groups is 1. The fourth-order valence-electron chi connectivity index (χ4n) is 2.36. The van der Waals surface area contributed by atoms with Crippen molar-refractivity contribution in [2.75, 3.05) is 13.2 Å².